The first-order valence-corrected chi connectivity index (χ1v) is 10.7. The minimum atomic E-state index is -0.446. The lowest BCUT2D eigenvalue weighted by Gasteiger charge is -2.12. The minimum Gasteiger partial charge on any atom is -0.497 e. The largest absolute Gasteiger partial charge is 0.497 e. The highest BCUT2D eigenvalue weighted by Gasteiger charge is 2.14. The van der Waals surface area contributed by atoms with Gasteiger partial charge in [-0.1, -0.05) is 24.3 Å². The van der Waals surface area contributed by atoms with E-state index in [9.17, 15) is 14.4 Å². The van der Waals surface area contributed by atoms with Crippen LogP contribution in [0.15, 0.2) is 76.3 Å². The molecule has 34 heavy (non-hydrogen) atoms. The second-order valence-corrected chi connectivity index (χ2v) is 7.84. The third kappa shape index (κ3) is 4.56. The average molecular weight is 460 g/mol. The fourth-order valence-electron chi connectivity index (χ4n) is 3.74. The molecule has 4 aromatic rings. The predicted octanol–water partition coefficient (Wildman–Crippen LogP) is 2.70. The maximum atomic E-state index is 13.2. The standard InChI is InChI=1S/C26H25N3O5/c1-28-23-13-8-19(24(30)27-15-17-4-9-20(33-2)10-5-17)14-22(23)25(31)29(26(28)32)16-18-6-11-21(34-3)12-7-18/h4-14H,15-16H2,1-3H3,(H,27,30). The molecule has 1 aromatic heterocycles. The SMILES string of the molecule is COc1ccc(CNC(=O)c2ccc3c(c2)c(=O)n(Cc2ccc(OC)cc2)c(=O)n3C)cc1. The number of nitrogens with zero attached hydrogens (tertiary/aromatic N) is 2. The summed E-state index contributed by atoms with van der Waals surface area (Å²) in [7, 11) is 4.78. The molecule has 0 saturated carbocycles. The van der Waals surface area contributed by atoms with Gasteiger partial charge in [0.1, 0.15) is 11.5 Å². The summed E-state index contributed by atoms with van der Waals surface area (Å²) in [4.78, 5) is 38.9. The van der Waals surface area contributed by atoms with Gasteiger partial charge in [0.15, 0.2) is 0 Å². The number of ether oxygens (including phenoxy) is 2. The summed E-state index contributed by atoms with van der Waals surface area (Å²) in [5.74, 6) is 1.11. The van der Waals surface area contributed by atoms with E-state index in [1.54, 1.807) is 57.7 Å². The molecule has 0 spiro atoms. The van der Waals surface area contributed by atoms with Gasteiger partial charge in [0.05, 0.1) is 31.7 Å². The van der Waals surface area contributed by atoms with Crippen LogP contribution in [0, 0.1) is 0 Å². The molecule has 0 fully saturated rings. The van der Waals surface area contributed by atoms with Crippen molar-refractivity contribution in [3.8, 4) is 11.5 Å². The highest BCUT2D eigenvalue weighted by atomic mass is 16.5. The van der Waals surface area contributed by atoms with E-state index < -0.39 is 11.2 Å². The molecule has 1 amide bonds. The normalized spacial score (nSPS) is 10.8. The first-order valence-electron chi connectivity index (χ1n) is 10.7. The van der Waals surface area contributed by atoms with Crippen molar-refractivity contribution < 1.29 is 14.3 Å². The van der Waals surface area contributed by atoms with Gasteiger partial charge < -0.3 is 14.8 Å². The van der Waals surface area contributed by atoms with Crippen LogP contribution in [0.25, 0.3) is 10.9 Å². The molecule has 0 radical (unpaired) electrons. The van der Waals surface area contributed by atoms with Crippen LogP contribution in [-0.2, 0) is 20.1 Å². The number of carbonyl (C=O) groups excluding carboxylic acids is 1. The van der Waals surface area contributed by atoms with Crippen LogP contribution in [0.4, 0.5) is 0 Å². The van der Waals surface area contributed by atoms with Gasteiger partial charge in [-0.25, -0.2) is 4.79 Å². The lowest BCUT2D eigenvalue weighted by Crippen LogP contribution is -2.39. The van der Waals surface area contributed by atoms with Gasteiger partial charge >= 0.3 is 5.69 Å². The Kier molecular flexibility index (Phi) is 6.49. The molecule has 1 N–H and O–H groups in total. The lowest BCUT2D eigenvalue weighted by molar-refractivity contribution is 0.0951. The van der Waals surface area contributed by atoms with Crippen LogP contribution >= 0.6 is 0 Å². The average Bonchev–Trinajstić information content (AvgIpc) is 2.88. The molecule has 8 heteroatoms. The van der Waals surface area contributed by atoms with E-state index in [1.807, 2.05) is 24.3 Å². The van der Waals surface area contributed by atoms with Gasteiger partial charge in [-0.2, -0.15) is 0 Å². The van der Waals surface area contributed by atoms with Gasteiger partial charge in [-0.15, -0.1) is 0 Å². The Bertz CT molecular complexity index is 1450. The van der Waals surface area contributed by atoms with E-state index >= 15 is 0 Å². The van der Waals surface area contributed by atoms with Crippen molar-refractivity contribution in [2.45, 2.75) is 13.1 Å². The van der Waals surface area contributed by atoms with Crippen LogP contribution in [0.1, 0.15) is 21.5 Å². The number of benzene rings is 3. The molecule has 0 atom stereocenters. The predicted molar refractivity (Wildman–Crippen MR) is 130 cm³/mol. The molecular formula is C26H25N3O5. The van der Waals surface area contributed by atoms with Gasteiger partial charge in [0.2, 0.25) is 0 Å². The molecule has 0 aliphatic rings. The second-order valence-electron chi connectivity index (χ2n) is 7.84. The quantitative estimate of drug-likeness (QED) is 0.459. The number of hydrogen-bond donors (Lipinski definition) is 1. The fraction of sp³-hybridized carbons (Fsp3) is 0.192. The molecule has 0 saturated heterocycles. The van der Waals surface area contributed by atoms with Crippen molar-refractivity contribution in [3.63, 3.8) is 0 Å². The van der Waals surface area contributed by atoms with Crippen LogP contribution in [0.5, 0.6) is 11.5 Å². The Labute approximate surface area is 196 Å². The number of amides is 1. The van der Waals surface area contributed by atoms with Crippen molar-refractivity contribution in [2.75, 3.05) is 14.2 Å². The molecule has 3 aromatic carbocycles. The van der Waals surface area contributed by atoms with Gasteiger partial charge in [0, 0.05) is 19.2 Å². The Hall–Kier alpha value is -4.33. The Morgan fingerprint density at radius 1 is 0.853 bits per heavy atom. The Morgan fingerprint density at radius 3 is 2.03 bits per heavy atom. The summed E-state index contributed by atoms with van der Waals surface area (Å²) in [5.41, 5.74) is 1.64. The summed E-state index contributed by atoms with van der Waals surface area (Å²) in [6.07, 6.45) is 0. The number of aryl methyl sites for hydroxylation is 1. The first kappa shape index (κ1) is 22.8. The number of aromatic nitrogens is 2. The molecule has 8 nitrogen and oxygen atoms in total. The van der Waals surface area contributed by atoms with Gasteiger partial charge in [-0.3, -0.25) is 18.7 Å². The smallest absolute Gasteiger partial charge is 0.331 e. The summed E-state index contributed by atoms with van der Waals surface area (Å²) >= 11 is 0. The number of carbonyl (C=O) groups is 1. The van der Waals surface area contributed by atoms with Crippen molar-refractivity contribution in [1.82, 2.24) is 14.5 Å². The molecule has 0 aliphatic carbocycles. The lowest BCUT2D eigenvalue weighted by atomic mass is 10.1. The van der Waals surface area contributed by atoms with Crippen molar-refractivity contribution in [1.29, 1.82) is 0 Å². The molecule has 0 unspecified atom stereocenters. The number of fused-ring (bicyclic) bond motifs is 1. The van der Waals surface area contributed by atoms with Crippen molar-refractivity contribution in [2.24, 2.45) is 7.05 Å². The van der Waals surface area contributed by atoms with Crippen LogP contribution < -0.4 is 26.0 Å². The van der Waals surface area contributed by atoms with E-state index in [2.05, 4.69) is 5.32 Å². The third-order valence-electron chi connectivity index (χ3n) is 5.73. The van der Waals surface area contributed by atoms with Crippen molar-refractivity contribution in [3.05, 3.63) is 104 Å². The molecule has 4 rings (SSSR count). The Balaban J connectivity index is 1.62. The number of methoxy groups -OCH3 is 2. The monoisotopic (exact) mass is 459 g/mol. The van der Waals surface area contributed by atoms with Gasteiger partial charge in [-0.05, 0) is 53.6 Å². The zero-order valence-corrected chi connectivity index (χ0v) is 19.2. The second kappa shape index (κ2) is 9.66. The van der Waals surface area contributed by atoms with Crippen LogP contribution in [0.2, 0.25) is 0 Å². The van der Waals surface area contributed by atoms with Crippen molar-refractivity contribution >= 4 is 16.8 Å². The summed E-state index contributed by atoms with van der Waals surface area (Å²) in [5, 5.41) is 3.16. The fourth-order valence-corrected chi connectivity index (χ4v) is 3.74. The topological polar surface area (TPSA) is 91.6 Å². The van der Waals surface area contributed by atoms with E-state index in [4.69, 9.17) is 9.47 Å². The number of nitrogens with one attached hydrogen (secondary N) is 1. The summed E-state index contributed by atoms with van der Waals surface area (Å²) in [6.45, 7) is 0.440. The molecular weight excluding hydrogens is 434 g/mol. The zero-order chi connectivity index (χ0) is 24.2. The minimum absolute atomic E-state index is 0.110. The number of hydrogen-bond acceptors (Lipinski definition) is 5. The number of rotatable bonds is 7. The maximum absolute atomic E-state index is 13.2. The molecule has 1 heterocycles. The van der Waals surface area contributed by atoms with Crippen LogP contribution in [-0.4, -0.2) is 29.3 Å². The zero-order valence-electron chi connectivity index (χ0n) is 19.2. The molecule has 174 valence electrons. The third-order valence-corrected chi connectivity index (χ3v) is 5.73. The van der Waals surface area contributed by atoms with E-state index in [0.29, 0.717) is 28.8 Å². The summed E-state index contributed by atoms with van der Waals surface area (Å²) in [6, 6.07) is 19.3. The van der Waals surface area contributed by atoms with E-state index in [1.165, 1.54) is 15.2 Å². The highest BCUT2D eigenvalue weighted by molar-refractivity contribution is 5.97. The van der Waals surface area contributed by atoms with Crippen LogP contribution in [0.3, 0.4) is 0 Å². The molecule has 0 aliphatic heterocycles. The van der Waals surface area contributed by atoms with E-state index in [0.717, 1.165) is 16.9 Å². The first-order chi connectivity index (χ1) is 16.4. The maximum Gasteiger partial charge on any atom is 0.331 e. The summed E-state index contributed by atoms with van der Waals surface area (Å²) < 4.78 is 12.9. The molecule has 0 bridgehead atoms. The highest BCUT2D eigenvalue weighted by Crippen LogP contribution is 2.15. The Morgan fingerprint density at radius 2 is 1.44 bits per heavy atom. The van der Waals surface area contributed by atoms with Gasteiger partial charge in [0.25, 0.3) is 11.5 Å². The van der Waals surface area contributed by atoms with E-state index in [-0.39, 0.29) is 12.5 Å².